The maximum Gasteiger partial charge on any atom is 0.143 e. The van der Waals surface area contributed by atoms with E-state index < -0.39 is 0 Å². The van der Waals surface area contributed by atoms with Gasteiger partial charge in [0.25, 0.3) is 0 Å². The average molecular weight is 290 g/mol. The Morgan fingerprint density at radius 1 is 0.864 bits per heavy atom. The van der Waals surface area contributed by atoms with Crippen molar-refractivity contribution in [3.63, 3.8) is 0 Å². The third-order valence-electron chi connectivity index (χ3n) is 4.75. The highest BCUT2D eigenvalue weighted by atomic mass is 16.5. The van der Waals surface area contributed by atoms with Gasteiger partial charge in [0.2, 0.25) is 0 Å². The third kappa shape index (κ3) is 2.25. The molecule has 0 N–H and O–H groups in total. The molecule has 0 aliphatic heterocycles. The minimum atomic E-state index is 0.121. The zero-order chi connectivity index (χ0) is 14.9. The molecule has 22 heavy (non-hydrogen) atoms. The van der Waals surface area contributed by atoms with Crippen LogP contribution < -0.4 is 4.74 Å². The largest absolute Gasteiger partial charge is 0.457 e. The van der Waals surface area contributed by atoms with E-state index in [2.05, 4.69) is 18.2 Å². The summed E-state index contributed by atoms with van der Waals surface area (Å²) in [6.07, 6.45) is 6.28. The first-order valence-electron chi connectivity index (χ1n) is 7.87. The minimum absolute atomic E-state index is 0.121. The third-order valence-corrected chi connectivity index (χ3v) is 4.75. The summed E-state index contributed by atoms with van der Waals surface area (Å²) >= 11 is 0. The number of rotatable bonds is 3. The lowest BCUT2D eigenvalue weighted by Gasteiger charge is -2.25. The molecule has 2 aliphatic carbocycles. The summed E-state index contributed by atoms with van der Waals surface area (Å²) in [4.78, 5) is 12.3. The van der Waals surface area contributed by atoms with E-state index in [0.29, 0.717) is 5.78 Å². The number of ketones is 1. The van der Waals surface area contributed by atoms with E-state index in [1.165, 1.54) is 0 Å². The monoisotopic (exact) mass is 290 g/mol. The van der Waals surface area contributed by atoms with E-state index in [-0.39, 0.29) is 17.8 Å². The Hall–Kier alpha value is -2.35. The molecule has 2 nitrogen and oxygen atoms in total. The number of hydrogen-bond donors (Lipinski definition) is 0. The van der Waals surface area contributed by atoms with Crippen molar-refractivity contribution in [2.45, 2.75) is 18.8 Å². The highest BCUT2D eigenvalue weighted by Crippen LogP contribution is 2.46. The van der Waals surface area contributed by atoms with Crippen molar-refractivity contribution in [1.29, 1.82) is 0 Å². The average Bonchev–Trinajstić information content (AvgIpc) is 2.79. The van der Waals surface area contributed by atoms with Gasteiger partial charge in [0.1, 0.15) is 17.3 Å². The fourth-order valence-corrected chi connectivity index (χ4v) is 3.64. The van der Waals surface area contributed by atoms with Crippen molar-refractivity contribution in [3.05, 3.63) is 72.3 Å². The second-order valence-electron chi connectivity index (χ2n) is 6.06. The molecule has 2 aliphatic rings. The quantitative estimate of drug-likeness (QED) is 0.764. The number of allylic oxidation sites excluding steroid dienone is 2. The predicted octanol–water partition coefficient (Wildman–Crippen LogP) is 4.73. The van der Waals surface area contributed by atoms with Crippen LogP contribution in [-0.4, -0.2) is 5.78 Å². The summed E-state index contributed by atoms with van der Waals surface area (Å²) in [6.45, 7) is 0. The highest BCUT2D eigenvalue weighted by molar-refractivity contribution is 5.89. The van der Waals surface area contributed by atoms with Crippen molar-refractivity contribution in [2.24, 2.45) is 11.8 Å². The molecule has 4 rings (SSSR count). The number of Topliss-reactive ketones (excluding diaryl/α,β-unsaturated/α-hetero) is 1. The van der Waals surface area contributed by atoms with Crippen LogP contribution in [0.4, 0.5) is 0 Å². The molecule has 2 aromatic rings. The molecule has 0 spiro atoms. The predicted molar refractivity (Wildman–Crippen MR) is 86.1 cm³/mol. The zero-order valence-electron chi connectivity index (χ0n) is 12.3. The van der Waals surface area contributed by atoms with Crippen molar-refractivity contribution in [3.8, 4) is 11.5 Å². The SMILES string of the molecule is O=C1[C@H]2CC[C@@H]1C=C[C@@H]2c1ccccc1Oc1ccccc1. The molecule has 0 aromatic heterocycles. The number of para-hydroxylation sites is 2. The van der Waals surface area contributed by atoms with Crippen LogP contribution in [0.1, 0.15) is 24.3 Å². The Labute approximate surface area is 130 Å². The van der Waals surface area contributed by atoms with E-state index in [0.717, 1.165) is 29.9 Å². The molecule has 3 atom stereocenters. The molecule has 0 heterocycles. The van der Waals surface area contributed by atoms with Gasteiger partial charge in [0, 0.05) is 23.3 Å². The number of carbonyl (C=O) groups is 1. The normalized spacial score (nSPS) is 26.2. The maximum absolute atomic E-state index is 12.3. The first-order valence-corrected chi connectivity index (χ1v) is 7.87. The second-order valence-corrected chi connectivity index (χ2v) is 6.06. The first kappa shape index (κ1) is 13.3. The van der Waals surface area contributed by atoms with Gasteiger partial charge in [0.15, 0.2) is 0 Å². The van der Waals surface area contributed by atoms with Crippen LogP contribution in [0.3, 0.4) is 0 Å². The lowest BCUT2D eigenvalue weighted by Crippen LogP contribution is -2.23. The van der Waals surface area contributed by atoms with Gasteiger partial charge in [0.05, 0.1) is 0 Å². The fourth-order valence-electron chi connectivity index (χ4n) is 3.64. The Balaban J connectivity index is 1.69. The van der Waals surface area contributed by atoms with Crippen LogP contribution in [-0.2, 0) is 4.79 Å². The summed E-state index contributed by atoms with van der Waals surface area (Å²) in [6, 6.07) is 17.9. The van der Waals surface area contributed by atoms with Crippen LogP contribution in [0.5, 0.6) is 11.5 Å². The summed E-state index contributed by atoms with van der Waals surface area (Å²) in [5.74, 6) is 2.50. The van der Waals surface area contributed by atoms with Crippen LogP contribution >= 0.6 is 0 Å². The topological polar surface area (TPSA) is 26.3 Å². The van der Waals surface area contributed by atoms with E-state index in [9.17, 15) is 4.79 Å². The molecular formula is C20H18O2. The molecule has 110 valence electrons. The van der Waals surface area contributed by atoms with Crippen molar-refractivity contribution >= 4 is 5.78 Å². The van der Waals surface area contributed by atoms with Gasteiger partial charge >= 0.3 is 0 Å². The maximum atomic E-state index is 12.3. The fraction of sp³-hybridized carbons (Fsp3) is 0.250. The van der Waals surface area contributed by atoms with E-state index in [1.54, 1.807) is 0 Å². The van der Waals surface area contributed by atoms with E-state index in [4.69, 9.17) is 4.74 Å². The molecule has 2 bridgehead atoms. The van der Waals surface area contributed by atoms with Crippen molar-refractivity contribution in [1.82, 2.24) is 0 Å². The molecule has 2 heteroatoms. The second kappa shape index (κ2) is 5.45. The van der Waals surface area contributed by atoms with Gasteiger partial charge in [-0.3, -0.25) is 4.79 Å². The number of carbonyl (C=O) groups excluding carboxylic acids is 1. The first-order chi connectivity index (χ1) is 10.8. The highest BCUT2D eigenvalue weighted by Gasteiger charge is 2.41. The summed E-state index contributed by atoms with van der Waals surface area (Å²) in [7, 11) is 0. The molecular weight excluding hydrogens is 272 g/mol. The van der Waals surface area contributed by atoms with Crippen molar-refractivity contribution in [2.75, 3.05) is 0 Å². The molecule has 1 fully saturated rings. The molecule has 1 saturated carbocycles. The van der Waals surface area contributed by atoms with Gasteiger partial charge < -0.3 is 4.74 Å². The minimum Gasteiger partial charge on any atom is -0.457 e. The lowest BCUT2D eigenvalue weighted by atomic mass is 9.79. The number of benzene rings is 2. The van der Waals surface area contributed by atoms with Gasteiger partial charge in [-0.2, -0.15) is 0 Å². The van der Waals surface area contributed by atoms with Gasteiger partial charge in [-0.05, 0) is 31.0 Å². The number of hydrogen-bond acceptors (Lipinski definition) is 2. The lowest BCUT2D eigenvalue weighted by molar-refractivity contribution is -0.123. The van der Waals surface area contributed by atoms with Gasteiger partial charge in [-0.25, -0.2) is 0 Å². The van der Waals surface area contributed by atoms with E-state index in [1.807, 2.05) is 48.5 Å². The zero-order valence-corrected chi connectivity index (χ0v) is 12.3. The Bertz CT molecular complexity index is 717. The van der Waals surface area contributed by atoms with Crippen LogP contribution in [0, 0.1) is 11.8 Å². The smallest absolute Gasteiger partial charge is 0.143 e. The van der Waals surface area contributed by atoms with Crippen LogP contribution in [0.25, 0.3) is 0 Å². The summed E-state index contributed by atoms with van der Waals surface area (Å²) < 4.78 is 6.06. The van der Waals surface area contributed by atoms with E-state index >= 15 is 0 Å². The molecule has 0 saturated heterocycles. The molecule has 0 amide bonds. The molecule has 0 radical (unpaired) electrons. The van der Waals surface area contributed by atoms with Crippen LogP contribution in [0.2, 0.25) is 0 Å². The molecule has 2 aromatic carbocycles. The summed E-state index contributed by atoms with van der Waals surface area (Å²) in [5, 5.41) is 0. The Morgan fingerprint density at radius 3 is 2.50 bits per heavy atom. The summed E-state index contributed by atoms with van der Waals surface area (Å²) in [5.41, 5.74) is 1.11. The van der Waals surface area contributed by atoms with Gasteiger partial charge in [-0.15, -0.1) is 0 Å². The standard InChI is InChI=1S/C20H18O2/c21-20-14-10-12-16(18(20)13-11-14)17-8-4-5-9-19(17)22-15-6-2-1-3-7-15/h1-10,12,14,16,18H,11,13H2/t14-,16+,18-/m0/s1. The molecule has 0 unspecified atom stereocenters. The Kier molecular flexibility index (Phi) is 3.30. The Morgan fingerprint density at radius 2 is 1.64 bits per heavy atom. The van der Waals surface area contributed by atoms with Crippen LogP contribution in [0.15, 0.2) is 66.7 Å². The number of fused-ring (bicyclic) bond motifs is 2. The number of ether oxygens (including phenoxy) is 1. The van der Waals surface area contributed by atoms with Gasteiger partial charge in [-0.1, -0.05) is 48.6 Å². The van der Waals surface area contributed by atoms with Crippen molar-refractivity contribution < 1.29 is 9.53 Å².